The third kappa shape index (κ3) is 3.05. The number of nitrogens with one attached hydrogen (secondary N) is 1. The van der Waals surface area contributed by atoms with Gasteiger partial charge in [0.05, 0.1) is 13.7 Å². The minimum atomic E-state index is -1.19. The van der Waals surface area contributed by atoms with E-state index in [0.29, 0.717) is 16.5 Å². The van der Waals surface area contributed by atoms with E-state index < -0.39 is 11.6 Å². The number of hydrogen-bond acceptors (Lipinski definition) is 4. The summed E-state index contributed by atoms with van der Waals surface area (Å²) >= 11 is 5.88. The molecule has 0 saturated carbocycles. The number of nitrogens with zero attached hydrogens (tertiary/aromatic N) is 2. The van der Waals surface area contributed by atoms with Gasteiger partial charge in [0.25, 0.3) is 5.91 Å². The molecule has 1 atom stereocenters. The third-order valence-electron chi connectivity index (χ3n) is 4.30. The second-order valence-electron chi connectivity index (χ2n) is 6.14. The van der Waals surface area contributed by atoms with Crippen molar-refractivity contribution in [1.82, 2.24) is 15.2 Å². The average molecular weight is 360 g/mol. The van der Waals surface area contributed by atoms with Gasteiger partial charge in [-0.25, -0.2) is 9.78 Å². The molecule has 2 heterocycles. The van der Waals surface area contributed by atoms with Gasteiger partial charge in [0.15, 0.2) is 0 Å². The second-order valence-corrected chi connectivity index (χ2v) is 6.52. The van der Waals surface area contributed by atoms with Crippen molar-refractivity contribution in [3.05, 3.63) is 58.4 Å². The van der Waals surface area contributed by atoms with E-state index in [1.54, 1.807) is 31.3 Å². The number of methoxy groups -OCH3 is 1. The standard InChI is InChI=1S/C18H18ClN3O3/c1-11-4-5-14(25-3)13(8-11)18(2)16(23)22(17(24)21-18)10-12-6-7-20-15(19)9-12/h4-9H,10H2,1-3H3,(H,21,24)/t18-/m0/s1. The van der Waals surface area contributed by atoms with E-state index in [2.05, 4.69) is 10.3 Å². The Kier molecular flexibility index (Phi) is 4.39. The van der Waals surface area contributed by atoms with Crippen LogP contribution in [-0.2, 0) is 16.9 Å². The van der Waals surface area contributed by atoms with Crippen molar-refractivity contribution in [3.63, 3.8) is 0 Å². The molecule has 1 aromatic carbocycles. The lowest BCUT2D eigenvalue weighted by molar-refractivity contribution is -0.131. The number of aromatic nitrogens is 1. The summed E-state index contributed by atoms with van der Waals surface area (Å²) in [6.07, 6.45) is 1.54. The molecule has 0 spiro atoms. The van der Waals surface area contributed by atoms with Crippen LogP contribution in [0.25, 0.3) is 0 Å². The minimum Gasteiger partial charge on any atom is -0.496 e. The number of amides is 3. The van der Waals surface area contributed by atoms with Crippen molar-refractivity contribution in [2.75, 3.05) is 7.11 Å². The smallest absolute Gasteiger partial charge is 0.325 e. The first-order valence-electron chi connectivity index (χ1n) is 7.75. The monoisotopic (exact) mass is 359 g/mol. The molecule has 1 N–H and O–H groups in total. The van der Waals surface area contributed by atoms with Crippen molar-refractivity contribution in [2.24, 2.45) is 0 Å². The summed E-state index contributed by atoms with van der Waals surface area (Å²) in [5.41, 5.74) is 1.14. The maximum Gasteiger partial charge on any atom is 0.325 e. The van der Waals surface area contributed by atoms with Crippen LogP contribution in [0, 0.1) is 6.92 Å². The fourth-order valence-electron chi connectivity index (χ4n) is 2.96. The largest absolute Gasteiger partial charge is 0.496 e. The van der Waals surface area contributed by atoms with Crippen LogP contribution in [0.2, 0.25) is 5.15 Å². The maximum absolute atomic E-state index is 13.0. The molecule has 1 saturated heterocycles. The summed E-state index contributed by atoms with van der Waals surface area (Å²) in [7, 11) is 1.54. The molecule has 0 aliphatic carbocycles. The Labute approximate surface area is 150 Å². The Balaban J connectivity index is 1.96. The van der Waals surface area contributed by atoms with Gasteiger partial charge < -0.3 is 10.1 Å². The summed E-state index contributed by atoms with van der Waals surface area (Å²) in [6.45, 7) is 3.73. The summed E-state index contributed by atoms with van der Waals surface area (Å²) in [5, 5.41) is 3.10. The molecule has 3 rings (SSSR count). The molecule has 0 bridgehead atoms. The van der Waals surface area contributed by atoms with Crippen LogP contribution in [0.15, 0.2) is 36.5 Å². The predicted molar refractivity (Wildman–Crippen MR) is 93.4 cm³/mol. The number of carbonyl (C=O) groups is 2. The van der Waals surface area contributed by atoms with E-state index in [4.69, 9.17) is 16.3 Å². The molecule has 1 fully saturated rings. The SMILES string of the molecule is COc1ccc(C)cc1[C@]1(C)NC(=O)N(Cc2ccnc(Cl)c2)C1=O. The molecule has 25 heavy (non-hydrogen) atoms. The van der Waals surface area contributed by atoms with E-state index >= 15 is 0 Å². The minimum absolute atomic E-state index is 0.122. The first kappa shape index (κ1) is 17.2. The number of ether oxygens (including phenoxy) is 1. The van der Waals surface area contributed by atoms with Gasteiger partial charge in [-0.3, -0.25) is 9.69 Å². The molecule has 130 valence electrons. The highest BCUT2D eigenvalue weighted by atomic mass is 35.5. The van der Waals surface area contributed by atoms with Gasteiger partial charge in [0.2, 0.25) is 0 Å². The fraction of sp³-hybridized carbons (Fsp3) is 0.278. The van der Waals surface area contributed by atoms with Crippen molar-refractivity contribution < 1.29 is 14.3 Å². The van der Waals surface area contributed by atoms with Crippen LogP contribution in [0.5, 0.6) is 5.75 Å². The molecule has 6 nitrogen and oxygen atoms in total. The summed E-state index contributed by atoms with van der Waals surface area (Å²) in [6, 6.07) is 8.43. The zero-order valence-corrected chi connectivity index (χ0v) is 14.9. The molecule has 1 aliphatic heterocycles. The molecule has 1 aromatic heterocycles. The highest BCUT2D eigenvalue weighted by Gasteiger charge is 2.50. The molecule has 3 amide bonds. The van der Waals surface area contributed by atoms with Crippen LogP contribution >= 0.6 is 11.6 Å². The molecule has 0 radical (unpaired) electrons. The zero-order valence-electron chi connectivity index (χ0n) is 14.2. The van der Waals surface area contributed by atoms with E-state index in [1.165, 1.54) is 12.0 Å². The van der Waals surface area contributed by atoms with E-state index in [0.717, 1.165) is 11.1 Å². The lowest BCUT2D eigenvalue weighted by Crippen LogP contribution is -2.41. The van der Waals surface area contributed by atoms with Gasteiger partial charge in [-0.15, -0.1) is 0 Å². The first-order valence-corrected chi connectivity index (χ1v) is 8.12. The summed E-state index contributed by atoms with van der Waals surface area (Å²) < 4.78 is 5.38. The van der Waals surface area contributed by atoms with E-state index in [9.17, 15) is 9.59 Å². The number of imide groups is 1. The number of carbonyl (C=O) groups excluding carboxylic acids is 2. The molecular formula is C18H18ClN3O3. The summed E-state index contributed by atoms with van der Waals surface area (Å²) in [4.78, 5) is 30.6. The van der Waals surface area contributed by atoms with Gasteiger partial charge in [-0.2, -0.15) is 0 Å². The number of aryl methyl sites for hydroxylation is 1. The number of rotatable bonds is 4. The van der Waals surface area contributed by atoms with Crippen LogP contribution in [0.3, 0.4) is 0 Å². The Morgan fingerprint density at radius 2 is 2.04 bits per heavy atom. The molecule has 2 aromatic rings. The Hall–Kier alpha value is -2.60. The van der Waals surface area contributed by atoms with Crippen LogP contribution in [-0.4, -0.2) is 28.9 Å². The van der Waals surface area contributed by atoms with Crippen LogP contribution in [0.4, 0.5) is 4.79 Å². The highest BCUT2D eigenvalue weighted by molar-refractivity contribution is 6.29. The molecular weight excluding hydrogens is 342 g/mol. The Bertz CT molecular complexity index is 855. The van der Waals surface area contributed by atoms with Crippen molar-refractivity contribution in [1.29, 1.82) is 0 Å². The quantitative estimate of drug-likeness (QED) is 0.672. The average Bonchev–Trinajstić information content (AvgIpc) is 2.79. The number of benzene rings is 1. The molecule has 1 aliphatic rings. The van der Waals surface area contributed by atoms with Crippen LogP contribution < -0.4 is 10.1 Å². The molecule has 0 unspecified atom stereocenters. The van der Waals surface area contributed by atoms with Crippen molar-refractivity contribution in [2.45, 2.75) is 25.9 Å². The summed E-state index contributed by atoms with van der Waals surface area (Å²) in [5.74, 6) is 0.213. The van der Waals surface area contributed by atoms with Crippen molar-refractivity contribution >= 4 is 23.5 Å². The fourth-order valence-corrected chi connectivity index (χ4v) is 3.16. The Morgan fingerprint density at radius 1 is 1.28 bits per heavy atom. The van der Waals surface area contributed by atoms with E-state index in [1.807, 2.05) is 19.1 Å². The number of pyridine rings is 1. The zero-order chi connectivity index (χ0) is 18.2. The van der Waals surface area contributed by atoms with Gasteiger partial charge in [0.1, 0.15) is 16.4 Å². The predicted octanol–water partition coefficient (Wildman–Crippen LogP) is 3.02. The third-order valence-corrected chi connectivity index (χ3v) is 4.51. The first-order chi connectivity index (χ1) is 11.8. The topological polar surface area (TPSA) is 71.5 Å². The number of urea groups is 1. The second kappa shape index (κ2) is 6.37. The highest BCUT2D eigenvalue weighted by Crippen LogP contribution is 2.36. The lowest BCUT2D eigenvalue weighted by atomic mass is 9.90. The number of halogens is 1. The normalized spacial score (nSPS) is 19.9. The number of hydrogen-bond donors (Lipinski definition) is 1. The van der Waals surface area contributed by atoms with Gasteiger partial charge >= 0.3 is 6.03 Å². The van der Waals surface area contributed by atoms with Gasteiger partial charge in [-0.05, 0) is 43.7 Å². The molecule has 7 heteroatoms. The Morgan fingerprint density at radius 3 is 2.72 bits per heavy atom. The van der Waals surface area contributed by atoms with Gasteiger partial charge in [0, 0.05) is 11.8 Å². The lowest BCUT2D eigenvalue weighted by Gasteiger charge is -2.24. The van der Waals surface area contributed by atoms with E-state index in [-0.39, 0.29) is 12.5 Å². The maximum atomic E-state index is 13.0. The van der Waals surface area contributed by atoms with Gasteiger partial charge in [-0.1, -0.05) is 23.2 Å². The van der Waals surface area contributed by atoms with Crippen LogP contribution in [0.1, 0.15) is 23.6 Å². The van der Waals surface area contributed by atoms with Crippen molar-refractivity contribution in [3.8, 4) is 5.75 Å².